The van der Waals surface area contributed by atoms with E-state index < -0.39 is 0 Å². The van der Waals surface area contributed by atoms with E-state index in [9.17, 15) is 0 Å². The highest BCUT2D eigenvalue weighted by Gasteiger charge is 2.09. The number of rotatable bonds is 5. The second kappa shape index (κ2) is 6.22. The molecule has 2 aromatic rings. The number of likely N-dealkylation sites (N-methyl/N-ethyl adjacent to an activating group) is 1. The SMILES string of the molecule is CNC(COc1cccc(C)c1)c1ccccc1. The Morgan fingerprint density at radius 1 is 1.06 bits per heavy atom. The average molecular weight is 241 g/mol. The Bertz CT molecular complexity index is 481. The summed E-state index contributed by atoms with van der Waals surface area (Å²) in [4.78, 5) is 0. The summed E-state index contributed by atoms with van der Waals surface area (Å²) >= 11 is 0. The first-order valence-corrected chi connectivity index (χ1v) is 6.21. The Balaban J connectivity index is 2.00. The number of ether oxygens (including phenoxy) is 1. The molecule has 0 bridgehead atoms. The van der Waals surface area contributed by atoms with Gasteiger partial charge in [0, 0.05) is 0 Å². The molecule has 0 heterocycles. The third kappa shape index (κ3) is 3.34. The summed E-state index contributed by atoms with van der Waals surface area (Å²) < 4.78 is 5.83. The van der Waals surface area contributed by atoms with Gasteiger partial charge in [0.25, 0.3) is 0 Å². The van der Waals surface area contributed by atoms with Crippen molar-refractivity contribution in [2.75, 3.05) is 13.7 Å². The minimum Gasteiger partial charge on any atom is -0.492 e. The molecule has 0 aliphatic carbocycles. The van der Waals surface area contributed by atoms with Crippen molar-refractivity contribution in [2.45, 2.75) is 13.0 Å². The van der Waals surface area contributed by atoms with Crippen molar-refractivity contribution in [1.29, 1.82) is 0 Å². The molecule has 2 nitrogen and oxygen atoms in total. The van der Waals surface area contributed by atoms with Crippen molar-refractivity contribution in [3.63, 3.8) is 0 Å². The van der Waals surface area contributed by atoms with E-state index in [1.54, 1.807) is 0 Å². The van der Waals surface area contributed by atoms with Gasteiger partial charge >= 0.3 is 0 Å². The zero-order valence-corrected chi connectivity index (χ0v) is 10.9. The van der Waals surface area contributed by atoms with Crippen LogP contribution in [0.2, 0.25) is 0 Å². The van der Waals surface area contributed by atoms with Crippen LogP contribution in [-0.4, -0.2) is 13.7 Å². The van der Waals surface area contributed by atoms with Crippen molar-refractivity contribution >= 4 is 0 Å². The molecule has 0 spiro atoms. The van der Waals surface area contributed by atoms with Gasteiger partial charge in [-0.2, -0.15) is 0 Å². The highest BCUT2D eigenvalue weighted by molar-refractivity contribution is 5.27. The molecule has 0 saturated heterocycles. The zero-order valence-electron chi connectivity index (χ0n) is 10.9. The fourth-order valence-corrected chi connectivity index (χ4v) is 1.92. The van der Waals surface area contributed by atoms with Gasteiger partial charge < -0.3 is 10.1 Å². The summed E-state index contributed by atoms with van der Waals surface area (Å²) in [5, 5.41) is 3.28. The second-order valence-corrected chi connectivity index (χ2v) is 4.38. The maximum atomic E-state index is 5.83. The third-order valence-electron chi connectivity index (χ3n) is 2.96. The molecular weight excluding hydrogens is 222 g/mol. The minimum atomic E-state index is 0.215. The minimum absolute atomic E-state index is 0.215. The molecule has 0 saturated carbocycles. The predicted octanol–water partition coefficient (Wildman–Crippen LogP) is 3.33. The fourth-order valence-electron chi connectivity index (χ4n) is 1.92. The van der Waals surface area contributed by atoms with Crippen molar-refractivity contribution in [3.05, 3.63) is 65.7 Å². The molecule has 18 heavy (non-hydrogen) atoms. The Morgan fingerprint density at radius 3 is 2.50 bits per heavy atom. The number of benzene rings is 2. The van der Waals surface area contributed by atoms with Gasteiger partial charge in [0.15, 0.2) is 0 Å². The van der Waals surface area contributed by atoms with Crippen LogP contribution >= 0.6 is 0 Å². The molecule has 0 amide bonds. The van der Waals surface area contributed by atoms with Gasteiger partial charge in [-0.15, -0.1) is 0 Å². The molecule has 0 aromatic heterocycles. The van der Waals surface area contributed by atoms with Gasteiger partial charge in [-0.3, -0.25) is 0 Å². The molecule has 0 aliphatic rings. The van der Waals surface area contributed by atoms with Crippen molar-refractivity contribution < 1.29 is 4.74 Å². The van der Waals surface area contributed by atoms with Crippen LogP contribution in [0.25, 0.3) is 0 Å². The maximum absolute atomic E-state index is 5.83. The summed E-state index contributed by atoms with van der Waals surface area (Å²) in [5.41, 5.74) is 2.46. The normalized spacial score (nSPS) is 12.1. The quantitative estimate of drug-likeness (QED) is 0.867. The molecule has 2 rings (SSSR count). The summed E-state index contributed by atoms with van der Waals surface area (Å²) in [5.74, 6) is 0.922. The van der Waals surface area contributed by atoms with E-state index >= 15 is 0 Å². The molecule has 94 valence electrons. The van der Waals surface area contributed by atoms with E-state index in [-0.39, 0.29) is 6.04 Å². The topological polar surface area (TPSA) is 21.3 Å². The Labute approximate surface area is 109 Å². The monoisotopic (exact) mass is 241 g/mol. The van der Waals surface area contributed by atoms with E-state index in [1.165, 1.54) is 11.1 Å². The molecule has 1 atom stereocenters. The summed E-state index contributed by atoms with van der Waals surface area (Å²) in [7, 11) is 1.96. The van der Waals surface area contributed by atoms with Gasteiger partial charge in [0.05, 0.1) is 6.04 Å². The van der Waals surface area contributed by atoms with Crippen molar-refractivity contribution in [2.24, 2.45) is 0 Å². The fraction of sp³-hybridized carbons (Fsp3) is 0.250. The lowest BCUT2D eigenvalue weighted by molar-refractivity contribution is 0.273. The molecule has 2 aromatic carbocycles. The number of hydrogen-bond acceptors (Lipinski definition) is 2. The van der Waals surface area contributed by atoms with Crippen LogP contribution in [0.5, 0.6) is 5.75 Å². The lowest BCUT2D eigenvalue weighted by Crippen LogP contribution is -2.23. The van der Waals surface area contributed by atoms with Crippen LogP contribution in [0, 0.1) is 6.92 Å². The summed E-state index contributed by atoms with van der Waals surface area (Å²) in [6, 6.07) is 18.7. The van der Waals surface area contributed by atoms with Crippen LogP contribution < -0.4 is 10.1 Å². The largest absolute Gasteiger partial charge is 0.492 e. The molecule has 0 aliphatic heterocycles. The first kappa shape index (κ1) is 12.7. The van der Waals surface area contributed by atoms with Gasteiger partial charge in [0.2, 0.25) is 0 Å². The maximum Gasteiger partial charge on any atom is 0.119 e. The van der Waals surface area contributed by atoms with E-state index in [1.807, 2.05) is 37.4 Å². The van der Waals surface area contributed by atoms with Gasteiger partial charge in [-0.25, -0.2) is 0 Å². The molecule has 2 heteroatoms. The molecule has 1 unspecified atom stereocenters. The third-order valence-corrected chi connectivity index (χ3v) is 2.96. The standard InChI is InChI=1S/C16H19NO/c1-13-7-6-10-15(11-13)18-12-16(17-2)14-8-4-3-5-9-14/h3-11,16-17H,12H2,1-2H3. The summed E-state index contributed by atoms with van der Waals surface area (Å²) in [6.07, 6.45) is 0. The number of nitrogens with one attached hydrogen (secondary N) is 1. The molecular formula is C16H19NO. The van der Waals surface area contributed by atoms with Gasteiger partial charge in [0.1, 0.15) is 12.4 Å². The van der Waals surface area contributed by atoms with E-state index in [0.717, 1.165) is 5.75 Å². The zero-order chi connectivity index (χ0) is 12.8. The first-order valence-electron chi connectivity index (χ1n) is 6.21. The van der Waals surface area contributed by atoms with Crippen LogP contribution in [0.3, 0.4) is 0 Å². The van der Waals surface area contributed by atoms with E-state index in [4.69, 9.17) is 4.74 Å². The molecule has 1 N–H and O–H groups in total. The summed E-state index contributed by atoms with van der Waals surface area (Å²) in [6.45, 7) is 2.70. The van der Waals surface area contributed by atoms with Crippen LogP contribution in [0.4, 0.5) is 0 Å². The number of hydrogen-bond donors (Lipinski definition) is 1. The van der Waals surface area contributed by atoms with Gasteiger partial charge in [-0.05, 0) is 37.2 Å². The lowest BCUT2D eigenvalue weighted by Gasteiger charge is -2.17. The van der Waals surface area contributed by atoms with Gasteiger partial charge in [-0.1, -0.05) is 42.5 Å². The van der Waals surface area contributed by atoms with E-state index in [0.29, 0.717) is 6.61 Å². The van der Waals surface area contributed by atoms with E-state index in [2.05, 4.69) is 36.5 Å². The average Bonchev–Trinajstić information content (AvgIpc) is 2.41. The Kier molecular flexibility index (Phi) is 4.37. The second-order valence-electron chi connectivity index (χ2n) is 4.38. The number of aryl methyl sites for hydroxylation is 1. The Morgan fingerprint density at radius 2 is 1.83 bits per heavy atom. The molecule has 0 radical (unpaired) electrons. The van der Waals surface area contributed by atoms with Crippen LogP contribution in [-0.2, 0) is 0 Å². The Hall–Kier alpha value is -1.80. The first-order chi connectivity index (χ1) is 8.79. The molecule has 0 fully saturated rings. The predicted molar refractivity (Wildman–Crippen MR) is 74.9 cm³/mol. The van der Waals surface area contributed by atoms with Crippen LogP contribution in [0.1, 0.15) is 17.2 Å². The highest BCUT2D eigenvalue weighted by Crippen LogP contribution is 2.17. The smallest absolute Gasteiger partial charge is 0.119 e. The van der Waals surface area contributed by atoms with Crippen molar-refractivity contribution in [3.8, 4) is 5.75 Å². The lowest BCUT2D eigenvalue weighted by atomic mass is 10.1. The van der Waals surface area contributed by atoms with Crippen molar-refractivity contribution in [1.82, 2.24) is 5.32 Å². The van der Waals surface area contributed by atoms with Crippen LogP contribution in [0.15, 0.2) is 54.6 Å². The highest BCUT2D eigenvalue weighted by atomic mass is 16.5.